The molecule has 0 unspecified atom stereocenters. The van der Waals surface area contributed by atoms with E-state index in [2.05, 4.69) is 0 Å². The van der Waals surface area contributed by atoms with Crippen LogP contribution in [0.5, 0.6) is 0 Å². The van der Waals surface area contributed by atoms with Crippen molar-refractivity contribution in [2.75, 3.05) is 0 Å². The summed E-state index contributed by atoms with van der Waals surface area (Å²) in [5.74, 6) is 0.335. The van der Waals surface area contributed by atoms with E-state index in [0.29, 0.717) is 19.3 Å². The molecule has 0 bridgehead atoms. The van der Waals surface area contributed by atoms with Crippen LogP contribution in [0.1, 0.15) is 42.5 Å². The first kappa shape index (κ1) is 11.8. The largest absolute Gasteiger partial charge is 0.295 e. The average molecular weight is 228 g/mol. The molecule has 1 aromatic rings. The Balaban J connectivity index is 1.93. The van der Waals surface area contributed by atoms with Crippen molar-refractivity contribution in [2.24, 2.45) is 0 Å². The summed E-state index contributed by atoms with van der Waals surface area (Å²) in [6.07, 6.45) is 5.58. The maximum atomic E-state index is 11.9. The number of hydrogen-bond donors (Lipinski definition) is 0. The Kier molecular flexibility index (Phi) is 3.86. The lowest BCUT2D eigenvalue weighted by Crippen LogP contribution is -2.09. The quantitative estimate of drug-likeness (QED) is 0.741. The second kappa shape index (κ2) is 5.58. The van der Waals surface area contributed by atoms with Gasteiger partial charge in [-0.3, -0.25) is 9.59 Å². The SMILES string of the molecule is O=C1CCCC=C1CCC(=O)c1ccccc1. The summed E-state index contributed by atoms with van der Waals surface area (Å²) in [6, 6.07) is 9.25. The maximum absolute atomic E-state index is 11.9. The Labute approximate surface area is 101 Å². The number of hydrogen-bond acceptors (Lipinski definition) is 2. The number of Topliss-reactive ketones (excluding diaryl/α,β-unsaturated/α-hetero) is 2. The Bertz CT molecular complexity index is 443. The lowest BCUT2D eigenvalue weighted by atomic mass is 9.93. The van der Waals surface area contributed by atoms with Crippen LogP contribution in [0.25, 0.3) is 0 Å². The molecule has 0 fully saturated rings. The molecule has 0 radical (unpaired) electrons. The molecule has 0 heterocycles. The molecule has 2 nitrogen and oxygen atoms in total. The van der Waals surface area contributed by atoms with Crippen LogP contribution in [0.2, 0.25) is 0 Å². The molecule has 0 aromatic heterocycles. The van der Waals surface area contributed by atoms with Gasteiger partial charge in [0.1, 0.15) is 0 Å². The minimum atomic E-state index is 0.116. The maximum Gasteiger partial charge on any atom is 0.163 e. The molecule has 17 heavy (non-hydrogen) atoms. The van der Waals surface area contributed by atoms with Gasteiger partial charge >= 0.3 is 0 Å². The van der Waals surface area contributed by atoms with E-state index in [1.165, 1.54) is 0 Å². The van der Waals surface area contributed by atoms with Crippen LogP contribution in [0.4, 0.5) is 0 Å². The fraction of sp³-hybridized carbons (Fsp3) is 0.333. The van der Waals surface area contributed by atoms with Crippen molar-refractivity contribution in [2.45, 2.75) is 32.1 Å². The zero-order valence-electron chi connectivity index (χ0n) is 9.82. The first-order valence-electron chi connectivity index (χ1n) is 6.08. The predicted octanol–water partition coefficient (Wildman–Crippen LogP) is 3.33. The summed E-state index contributed by atoms with van der Waals surface area (Å²) >= 11 is 0. The predicted molar refractivity (Wildman–Crippen MR) is 66.9 cm³/mol. The van der Waals surface area contributed by atoms with Crippen molar-refractivity contribution in [3.05, 3.63) is 47.5 Å². The third kappa shape index (κ3) is 3.13. The molecule has 2 heteroatoms. The zero-order valence-corrected chi connectivity index (χ0v) is 9.82. The molecular weight excluding hydrogens is 212 g/mol. The molecule has 2 rings (SSSR count). The molecule has 0 atom stereocenters. The topological polar surface area (TPSA) is 34.1 Å². The molecule has 0 amide bonds. The second-order valence-electron chi connectivity index (χ2n) is 4.33. The van der Waals surface area contributed by atoms with E-state index in [1.54, 1.807) is 0 Å². The molecule has 1 aliphatic carbocycles. The van der Waals surface area contributed by atoms with Gasteiger partial charge in [-0.2, -0.15) is 0 Å². The molecule has 88 valence electrons. The highest BCUT2D eigenvalue weighted by Crippen LogP contribution is 2.19. The molecule has 0 saturated carbocycles. The van der Waals surface area contributed by atoms with Crippen molar-refractivity contribution in [1.29, 1.82) is 0 Å². The number of rotatable bonds is 4. The van der Waals surface area contributed by atoms with Crippen LogP contribution in [0.15, 0.2) is 42.0 Å². The monoisotopic (exact) mass is 228 g/mol. The van der Waals surface area contributed by atoms with Gasteiger partial charge in [-0.15, -0.1) is 0 Å². The third-order valence-electron chi connectivity index (χ3n) is 3.07. The second-order valence-corrected chi connectivity index (χ2v) is 4.33. The van der Waals surface area contributed by atoms with E-state index in [0.717, 1.165) is 24.0 Å². The van der Waals surface area contributed by atoms with E-state index < -0.39 is 0 Å². The molecular formula is C15H16O2. The smallest absolute Gasteiger partial charge is 0.163 e. The highest BCUT2D eigenvalue weighted by atomic mass is 16.1. The van der Waals surface area contributed by atoms with Crippen LogP contribution in [-0.2, 0) is 4.79 Å². The number of benzene rings is 1. The number of ketones is 2. The number of carbonyl (C=O) groups is 2. The summed E-state index contributed by atoms with van der Waals surface area (Å²) in [4.78, 5) is 23.4. The third-order valence-corrected chi connectivity index (χ3v) is 3.07. The fourth-order valence-electron chi connectivity index (χ4n) is 2.07. The summed E-state index contributed by atoms with van der Waals surface area (Å²) in [7, 11) is 0. The Hall–Kier alpha value is -1.70. The minimum Gasteiger partial charge on any atom is -0.295 e. The molecule has 0 spiro atoms. The number of allylic oxidation sites excluding steroid dienone is 2. The van der Waals surface area contributed by atoms with Gasteiger partial charge < -0.3 is 0 Å². The van der Waals surface area contributed by atoms with Crippen molar-refractivity contribution < 1.29 is 9.59 Å². The van der Waals surface area contributed by atoms with E-state index in [-0.39, 0.29) is 11.6 Å². The van der Waals surface area contributed by atoms with E-state index in [1.807, 2.05) is 36.4 Å². The van der Waals surface area contributed by atoms with Crippen molar-refractivity contribution in [3.63, 3.8) is 0 Å². The van der Waals surface area contributed by atoms with Gasteiger partial charge in [0.2, 0.25) is 0 Å². The normalized spacial score (nSPS) is 15.5. The first-order valence-corrected chi connectivity index (χ1v) is 6.08. The summed E-state index contributed by atoms with van der Waals surface area (Å²) < 4.78 is 0. The van der Waals surface area contributed by atoms with Crippen LogP contribution >= 0.6 is 0 Å². The van der Waals surface area contributed by atoms with Gasteiger partial charge in [0.25, 0.3) is 0 Å². The van der Waals surface area contributed by atoms with Crippen molar-refractivity contribution >= 4 is 11.6 Å². The Morgan fingerprint density at radius 3 is 2.65 bits per heavy atom. The zero-order chi connectivity index (χ0) is 12.1. The Morgan fingerprint density at radius 2 is 1.94 bits per heavy atom. The van der Waals surface area contributed by atoms with Gasteiger partial charge in [-0.1, -0.05) is 36.4 Å². The van der Waals surface area contributed by atoms with E-state index in [9.17, 15) is 9.59 Å². The molecule has 0 aliphatic heterocycles. The van der Waals surface area contributed by atoms with E-state index in [4.69, 9.17) is 0 Å². The van der Waals surface area contributed by atoms with Gasteiger partial charge in [0.05, 0.1) is 0 Å². The minimum absolute atomic E-state index is 0.116. The molecule has 1 aromatic carbocycles. The fourth-order valence-corrected chi connectivity index (χ4v) is 2.07. The van der Waals surface area contributed by atoms with Gasteiger partial charge in [0.15, 0.2) is 11.6 Å². The van der Waals surface area contributed by atoms with Crippen molar-refractivity contribution in [3.8, 4) is 0 Å². The van der Waals surface area contributed by atoms with E-state index >= 15 is 0 Å². The average Bonchev–Trinajstić information content (AvgIpc) is 2.38. The lowest BCUT2D eigenvalue weighted by molar-refractivity contribution is -0.116. The molecule has 0 N–H and O–H groups in total. The molecule has 0 saturated heterocycles. The highest BCUT2D eigenvalue weighted by molar-refractivity contribution is 5.99. The summed E-state index contributed by atoms with van der Waals surface area (Å²) in [6.45, 7) is 0. The summed E-state index contributed by atoms with van der Waals surface area (Å²) in [5.41, 5.74) is 1.58. The van der Waals surface area contributed by atoms with Gasteiger partial charge in [-0.05, 0) is 24.8 Å². The van der Waals surface area contributed by atoms with Crippen molar-refractivity contribution in [1.82, 2.24) is 0 Å². The summed E-state index contributed by atoms with van der Waals surface area (Å²) in [5, 5.41) is 0. The van der Waals surface area contributed by atoms with Gasteiger partial charge in [0, 0.05) is 18.4 Å². The van der Waals surface area contributed by atoms with Crippen LogP contribution in [0, 0.1) is 0 Å². The van der Waals surface area contributed by atoms with Crippen LogP contribution in [-0.4, -0.2) is 11.6 Å². The first-order chi connectivity index (χ1) is 8.27. The lowest BCUT2D eigenvalue weighted by Gasteiger charge is -2.10. The Morgan fingerprint density at radius 1 is 1.18 bits per heavy atom. The number of carbonyl (C=O) groups excluding carboxylic acids is 2. The van der Waals surface area contributed by atoms with Gasteiger partial charge in [-0.25, -0.2) is 0 Å². The molecule has 1 aliphatic rings. The van der Waals surface area contributed by atoms with Crippen LogP contribution < -0.4 is 0 Å². The standard InChI is InChI=1S/C15H16O2/c16-14-9-5-4-8-13(14)10-11-15(17)12-6-2-1-3-7-12/h1-3,6-8H,4-5,9-11H2. The highest BCUT2D eigenvalue weighted by Gasteiger charge is 2.15. The van der Waals surface area contributed by atoms with Crippen LogP contribution in [0.3, 0.4) is 0 Å².